The molecule has 2 rings (SSSR count). The summed E-state index contributed by atoms with van der Waals surface area (Å²) >= 11 is 0. The summed E-state index contributed by atoms with van der Waals surface area (Å²) in [5.74, 6) is 1.62. The van der Waals surface area contributed by atoms with Crippen LogP contribution in [0.5, 0.6) is 0 Å². The second-order valence-corrected chi connectivity index (χ2v) is 7.45. The fourth-order valence-electron chi connectivity index (χ4n) is 3.37. The van der Waals surface area contributed by atoms with Crippen LogP contribution in [0.25, 0.3) is 0 Å². The average Bonchev–Trinajstić information content (AvgIpc) is 3.16. The van der Waals surface area contributed by atoms with Crippen molar-refractivity contribution >= 4 is 11.9 Å². The van der Waals surface area contributed by atoms with Gasteiger partial charge in [-0.1, -0.05) is 56.0 Å². The second-order valence-electron chi connectivity index (χ2n) is 7.45. The molecule has 2 N–H and O–H groups in total. The Morgan fingerprint density at radius 3 is 2.58 bits per heavy atom. The molecule has 1 unspecified atom stereocenters. The number of nitrogens with zero attached hydrogens (tertiary/aromatic N) is 2. The van der Waals surface area contributed by atoms with Gasteiger partial charge in [0.25, 0.3) is 0 Å². The summed E-state index contributed by atoms with van der Waals surface area (Å²) < 4.78 is 0. The lowest BCUT2D eigenvalue weighted by Gasteiger charge is -2.19. The number of likely N-dealkylation sites (N-methyl/N-ethyl adjacent to an activating group) is 1. The minimum absolute atomic E-state index is 0.00409. The molecule has 0 spiro atoms. The first-order valence-corrected chi connectivity index (χ1v) is 9.86. The minimum Gasteiger partial charge on any atom is -0.356 e. The van der Waals surface area contributed by atoms with E-state index in [1.807, 2.05) is 18.2 Å². The Morgan fingerprint density at radius 1 is 1.23 bits per heavy atom. The average molecular weight is 359 g/mol. The molecule has 5 heteroatoms. The number of rotatable bonds is 8. The number of benzene rings is 1. The highest BCUT2D eigenvalue weighted by Gasteiger charge is 2.14. The Labute approximate surface area is 158 Å². The highest BCUT2D eigenvalue weighted by atomic mass is 16.2. The first-order valence-electron chi connectivity index (χ1n) is 9.86. The van der Waals surface area contributed by atoms with Gasteiger partial charge in [0.15, 0.2) is 5.96 Å². The van der Waals surface area contributed by atoms with E-state index in [9.17, 15) is 4.79 Å². The summed E-state index contributed by atoms with van der Waals surface area (Å²) in [5.41, 5.74) is 1.20. The number of carbonyl (C=O) groups excluding carboxylic acids is 1. The molecule has 1 fully saturated rings. The van der Waals surface area contributed by atoms with Crippen molar-refractivity contribution in [3.63, 3.8) is 0 Å². The standard InChI is InChI=1S/C21H34N4O/c1-17(19-13-5-4-6-14-19)24-21(23-16-20(26)25(2)3)22-15-9-12-18-10-7-8-11-18/h4-6,13-14,17-18H,7-12,15-16H2,1-3H3,(H2,22,23,24). The molecule has 0 radical (unpaired) electrons. The van der Waals surface area contributed by atoms with Crippen molar-refractivity contribution in [3.05, 3.63) is 35.9 Å². The van der Waals surface area contributed by atoms with Gasteiger partial charge in [0.05, 0.1) is 6.04 Å². The summed E-state index contributed by atoms with van der Waals surface area (Å²) in [5, 5.41) is 6.83. The third-order valence-electron chi connectivity index (χ3n) is 5.08. The highest BCUT2D eigenvalue weighted by Crippen LogP contribution is 2.28. The van der Waals surface area contributed by atoms with Crippen LogP contribution in [0.15, 0.2) is 35.3 Å². The first-order chi connectivity index (χ1) is 12.6. The number of nitrogens with one attached hydrogen (secondary N) is 2. The molecule has 0 saturated heterocycles. The zero-order chi connectivity index (χ0) is 18.8. The van der Waals surface area contributed by atoms with E-state index in [-0.39, 0.29) is 18.5 Å². The van der Waals surface area contributed by atoms with Crippen LogP contribution in [0.3, 0.4) is 0 Å². The molecule has 0 aliphatic heterocycles. The Morgan fingerprint density at radius 2 is 1.92 bits per heavy atom. The second kappa shape index (κ2) is 10.8. The van der Waals surface area contributed by atoms with E-state index in [4.69, 9.17) is 0 Å². The molecule has 144 valence electrons. The van der Waals surface area contributed by atoms with Gasteiger partial charge in [0, 0.05) is 20.6 Å². The van der Waals surface area contributed by atoms with Gasteiger partial charge in [-0.25, -0.2) is 4.99 Å². The van der Waals surface area contributed by atoms with E-state index in [2.05, 4.69) is 34.7 Å². The Kier molecular flexibility index (Phi) is 8.45. The molecule has 1 aliphatic rings. The summed E-state index contributed by atoms with van der Waals surface area (Å²) in [6.07, 6.45) is 8.00. The van der Waals surface area contributed by atoms with Crippen LogP contribution in [-0.2, 0) is 4.79 Å². The van der Waals surface area contributed by atoms with E-state index in [0.29, 0.717) is 5.96 Å². The van der Waals surface area contributed by atoms with Gasteiger partial charge in [-0.05, 0) is 31.2 Å². The smallest absolute Gasteiger partial charge is 0.243 e. The Balaban J connectivity index is 1.87. The number of hydrogen-bond donors (Lipinski definition) is 2. The topological polar surface area (TPSA) is 56.7 Å². The summed E-state index contributed by atoms with van der Waals surface area (Å²) in [6, 6.07) is 10.4. The monoisotopic (exact) mass is 358 g/mol. The van der Waals surface area contributed by atoms with Gasteiger partial charge < -0.3 is 15.5 Å². The molecule has 0 bridgehead atoms. The lowest BCUT2D eigenvalue weighted by atomic mass is 10.0. The third-order valence-corrected chi connectivity index (χ3v) is 5.08. The SMILES string of the molecule is CC(NC(=NCC(=O)N(C)C)NCCCC1CCCC1)c1ccccc1. The number of hydrogen-bond acceptors (Lipinski definition) is 2. The fourth-order valence-corrected chi connectivity index (χ4v) is 3.37. The van der Waals surface area contributed by atoms with Gasteiger partial charge in [0.1, 0.15) is 6.54 Å². The third kappa shape index (κ3) is 7.06. The van der Waals surface area contributed by atoms with E-state index in [0.717, 1.165) is 18.9 Å². The van der Waals surface area contributed by atoms with Crippen molar-refractivity contribution in [1.82, 2.24) is 15.5 Å². The van der Waals surface area contributed by atoms with Gasteiger partial charge in [-0.2, -0.15) is 0 Å². The van der Waals surface area contributed by atoms with Crippen LogP contribution < -0.4 is 10.6 Å². The molecule has 0 heterocycles. The first kappa shape index (κ1) is 20.3. The molecular formula is C21H34N4O. The van der Waals surface area contributed by atoms with Gasteiger partial charge in [-0.3, -0.25) is 4.79 Å². The van der Waals surface area contributed by atoms with Gasteiger partial charge >= 0.3 is 0 Å². The van der Waals surface area contributed by atoms with Crippen molar-refractivity contribution in [2.45, 2.75) is 51.5 Å². The van der Waals surface area contributed by atoms with Crippen LogP contribution in [0.4, 0.5) is 0 Å². The molecule has 1 saturated carbocycles. The molecule has 1 aromatic rings. The molecule has 0 aromatic heterocycles. The molecule has 1 aliphatic carbocycles. The number of guanidine groups is 1. The van der Waals surface area contributed by atoms with Crippen LogP contribution >= 0.6 is 0 Å². The van der Waals surface area contributed by atoms with Gasteiger partial charge in [-0.15, -0.1) is 0 Å². The largest absolute Gasteiger partial charge is 0.356 e. The minimum atomic E-state index is 0.00409. The lowest BCUT2D eigenvalue weighted by Crippen LogP contribution is -2.40. The Bertz CT molecular complexity index is 565. The molecule has 5 nitrogen and oxygen atoms in total. The lowest BCUT2D eigenvalue weighted by molar-refractivity contribution is -0.127. The maximum absolute atomic E-state index is 11.9. The molecule has 1 aromatic carbocycles. The summed E-state index contributed by atoms with van der Waals surface area (Å²) in [7, 11) is 3.51. The van der Waals surface area contributed by atoms with Crippen molar-refractivity contribution in [3.8, 4) is 0 Å². The van der Waals surface area contributed by atoms with Crippen LogP contribution in [0.1, 0.15) is 57.1 Å². The zero-order valence-corrected chi connectivity index (χ0v) is 16.5. The number of aliphatic imine (C=N–C) groups is 1. The maximum atomic E-state index is 11.9. The number of amides is 1. The molecule has 1 amide bonds. The zero-order valence-electron chi connectivity index (χ0n) is 16.5. The quantitative estimate of drug-likeness (QED) is 0.426. The van der Waals surface area contributed by atoms with Gasteiger partial charge in [0.2, 0.25) is 5.91 Å². The number of carbonyl (C=O) groups is 1. The van der Waals surface area contributed by atoms with E-state index < -0.39 is 0 Å². The van der Waals surface area contributed by atoms with Crippen molar-refractivity contribution in [2.24, 2.45) is 10.9 Å². The van der Waals surface area contributed by atoms with Crippen LogP contribution in [0.2, 0.25) is 0 Å². The van der Waals surface area contributed by atoms with Crippen molar-refractivity contribution in [2.75, 3.05) is 27.2 Å². The molecular weight excluding hydrogens is 324 g/mol. The molecule has 1 atom stereocenters. The fraction of sp³-hybridized carbons (Fsp3) is 0.619. The van der Waals surface area contributed by atoms with E-state index >= 15 is 0 Å². The van der Waals surface area contributed by atoms with Crippen molar-refractivity contribution in [1.29, 1.82) is 0 Å². The van der Waals surface area contributed by atoms with Crippen LogP contribution in [-0.4, -0.2) is 44.0 Å². The highest BCUT2D eigenvalue weighted by molar-refractivity contribution is 5.85. The summed E-state index contributed by atoms with van der Waals surface area (Å²) in [6.45, 7) is 3.16. The predicted molar refractivity (Wildman–Crippen MR) is 108 cm³/mol. The molecule has 26 heavy (non-hydrogen) atoms. The Hall–Kier alpha value is -2.04. The predicted octanol–water partition coefficient (Wildman–Crippen LogP) is 3.34. The van der Waals surface area contributed by atoms with E-state index in [1.54, 1.807) is 19.0 Å². The normalized spacial score (nSPS) is 16.3. The van der Waals surface area contributed by atoms with E-state index in [1.165, 1.54) is 37.7 Å². The van der Waals surface area contributed by atoms with Crippen LogP contribution in [0, 0.1) is 5.92 Å². The maximum Gasteiger partial charge on any atom is 0.243 e. The van der Waals surface area contributed by atoms with Crippen molar-refractivity contribution < 1.29 is 4.79 Å². The summed E-state index contributed by atoms with van der Waals surface area (Å²) in [4.78, 5) is 17.9.